The Hall–Kier alpha value is -3.11. The molecule has 3 aromatic carbocycles. The number of nitrogen functional groups attached to an aromatic ring is 1. The molecule has 0 bridgehead atoms. The van der Waals surface area contributed by atoms with Crippen molar-refractivity contribution in [1.29, 1.82) is 0 Å². The van der Waals surface area contributed by atoms with Crippen LogP contribution in [0.1, 0.15) is 16.7 Å². The predicted molar refractivity (Wildman–Crippen MR) is 99.2 cm³/mol. The van der Waals surface area contributed by atoms with Crippen molar-refractivity contribution in [3.63, 3.8) is 0 Å². The van der Waals surface area contributed by atoms with Gasteiger partial charge in [0.25, 0.3) is 0 Å². The monoisotopic (exact) mass is 317 g/mol. The van der Waals surface area contributed by atoms with Crippen molar-refractivity contribution in [2.75, 3.05) is 11.2 Å². The number of anilines is 2. The molecule has 0 saturated heterocycles. The van der Waals surface area contributed by atoms with E-state index in [2.05, 4.69) is 5.48 Å². The van der Waals surface area contributed by atoms with Crippen molar-refractivity contribution in [2.45, 2.75) is 6.92 Å². The Morgan fingerprint density at radius 3 is 2.17 bits per heavy atom. The summed E-state index contributed by atoms with van der Waals surface area (Å²) in [7, 11) is 0. The molecular weight excluding hydrogens is 298 g/mol. The van der Waals surface area contributed by atoms with Gasteiger partial charge in [0, 0.05) is 16.8 Å². The molecule has 3 aromatic rings. The first kappa shape index (κ1) is 15.8. The fraction of sp³-hybridized carbons (Fsp3) is 0.0500. The van der Waals surface area contributed by atoms with Gasteiger partial charge in [0.2, 0.25) is 0 Å². The van der Waals surface area contributed by atoms with Crippen molar-refractivity contribution in [3.8, 4) is 0 Å². The molecular formula is C20H19N3O. The van der Waals surface area contributed by atoms with E-state index in [-0.39, 0.29) is 0 Å². The SMILES string of the molecule is Cc1ccccc1C(=Nc1ccc(N)cc1)c1ccccc1NO. The third-order valence-corrected chi connectivity index (χ3v) is 3.84. The Bertz CT molecular complexity index is 870. The molecule has 0 aromatic heterocycles. The second-order valence-corrected chi connectivity index (χ2v) is 5.52. The van der Waals surface area contributed by atoms with E-state index in [9.17, 15) is 5.21 Å². The first-order valence-corrected chi connectivity index (χ1v) is 7.69. The van der Waals surface area contributed by atoms with Gasteiger partial charge in [-0.3, -0.25) is 10.7 Å². The average molecular weight is 317 g/mol. The summed E-state index contributed by atoms with van der Waals surface area (Å²) in [6, 6.07) is 23.0. The number of nitrogens with one attached hydrogen (secondary N) is 1. The number of aryl methyl sites for hydroxylation is 1. The van der Waals surface area contributed by atoms with E-state index >= 15 is 0 Å². The lowest BCUT2D eigenvalue weighted by atomic mass is 9.97. The van der Waals surface area contributed by atoms with Crippen LogP contribution in [0.15, 0.2) is 77.8 Å². The summed E-state index contributed by atoms with van der Waals surface area (Å²) in [5.74, 6) is 0. The highest BCUT2D eigenvalue weighted by Gasteiger charge is 2.13. The lowest BCUT2D eigenvalue weighted by Crippen LogP contribution is -2.08. The van der Waals surface area contributed by atoms with Crippen LogP contribution in [0.4, 0.5) is 17.1 Å². The Morgan fingerprint density at radius 2 is 1.50 bits per heavy atom. The van der Waals surface area contributed by atoms with E-state index in [1.807, 2.05) is 79.7 Å². The summed E-state index contributed by atoms with van der Waals surface area (Å²) in [5.41, 5.74) is 13.9. The highest BCUT2D eigenvalue weighted by atomic mass is 16.5. The molecule has 4 heteroatoms. The maximum Gasteiger partial charge on any atom is 0.0805 e. The van der Waals surface area contributed by atoms with E-state index < -0.39 is 0 Å². The first-order chi connectivity index (χ1) is 11.7. The summed E-state index contributed by atoms with van der Waals surface area (Å²) in [4.78, 5) is 4.82. The van der Waals surface area contributed by atoms with Crippen LogP contribution in [0.5, 0.6) is 0 Å². The minimum Gasteiger partial charge on any atom is -0.399 e. The number of hydrogen-bond acceptors (Lipinski definition) is 4. The van der Waals surface area contributed by atoms with Crippen LogP contribution in [0, 0.1) is 6.92 Å². The molecule has 3 rings (SSSR count). The second-order valence-electron chi connectivity index (χ2n) is 5.52. The molecule has 0 fully saturated rings. The van der Waals surface area contributed by atoms with Crippen molar-refractivity contribution in [3.05, 3.63) is 89.5 Å². The zero-order valence-corrected chi connectivity index (χ0v) is 13.4. The van der Waals surface area contributed by atoms with Crippen molar-refractivity contribution in [2.24, 2.45) is 4.99 Å². The molecule has 120 valence electrons. The van der Waals surface area contributed by atoms with E-state index in [0.29, 0.717) is 11.4 Å². The standard InChI is InChI=1S/C20H19N3O/c1-14-6-2-3-7-17(14)20(18-8-4-5-9-19(18)23-24)22-16-12-10-15(21)11-13-16/h2-13,23-24H,21H2,1H3. The lowest BCUT2D eigenvalue weighted by molar-refractivity contribution is 0.389. The molecule has 0 unspecified atom stereocenters. The molecule has 4 N–H and O–H groups in total. The molecule has 4 nitrogen and oxygen atoms in total. The molecule has 0 saturated carbocycles. The smallest absolute Gasteiger partial charge is 0.0805 e. The first-order valence-electron chi connectivity index (χ1n) is 7.69. The van der Waals surface area contributed by atoms with Gasteiger partial charge in [-0.25, -0.2) is 4.99 Å². The van der Waals surface area contributed by atoms with Gasteiger partial charge in [-0.1, -0.05) is 42.5 Å². The maximum atomic E-state index is 9.46. The van der Waals surface area contributed by atoms with Crippen LogP contribution in [0.2, 0.25) is 0 Å². The van der Waals surface area contributed by atoms with E-state index in [1.54, 1.807) is 0 Å². The van der Waals surface area contributed by atoms with E-state index in [1.165, 1.54) is 0 Å². The predicted octanol–water partition coefficient (Wildman–Crippen LogP) is 4.55. The molecule has 0 aliphatic carbocycles. The number of hydrogen-bond donors (Lipinski definition) is 3. The van der Waals surface area contributed by atoms with Crippen molar-refractivity contribution in [1.82, 2.24) is 0 Å². The molecule has 0 heterocycles. The summed E-state index contributed by atoms with van der Waals surface area (Å²) >= 11 is 0. The minimum atomic E-state index is 0.606. The quantitative estimate of drug-likeness (QED) is 0.375. The van der Waals surface area contributed by atoms with E-state index in [0.717, 1.165) is 28.1 Å². The number of aliphatic imine (C=N–C) groups is 1. The Balaban J connectivity index is 2.21. The highest BCUT2D eigenvalue weighted by Crippen LogP contribution is 2.25. The van der Waals surface area contributed by atoms with Gasteiger partial charge in [0.15, 0.2) is 0 Å². The fourth-order valence-electron chi connectivity index (χ4n) is 2.57. The van der Waals surface area contributed by atoms with Crippen LogP contribution in [-0.2, 0) is 0 Å². The summed E-state index contributed by atoms with van der Waals surface area (Å²) in [5, 5.41) is 9.46. The molecule has 24 heavy (non-hydrogen) atoms. The average Bonchev–Trinajstić information content (AvgIpc) is 2.62. The van der Waals surface area contributed by atoms with Gasteiger partial charge in [-0.15, -0.1) is 0 Å². The number of nitrogens with two attached hydrogens (primary N) is 1. The number of rotatable bonds is 4. The van der Waals surface area contributed by atoms with Crippen molar-refractivity contribution < 1.29 is 5.21 Å². The summed E-state index contributed by atoms with van der Waals surface area (Å²) in [6.07, 6.45) is 0. The number of para-hydroxylation sites is 1. The Labute approximate surface area is 141 Å². The van der Waals surface area contributed by atoms with Crippen LogP contribution in [0.25, 0.3) is 0 Å². The van der Waals surface area contributed by atoms with Gasteiger partial charge in [-0.2, -0.15) is 0 Å². The number of benzene rings is 3. The Morgan fingerprint density at radius 1 is 0.875 bits per heavy atom. The molecule has 0 radical (unpaired) electrons. The minimum absolute atomic E-state index is 0.606. The molecule has 0 amide bonds. The van der Waals surface area contributed by atoms with Crippen molar-refractivity contribution >= 4 is 22.8 Å². The molecule has 0 aliphatic rings. The lowest BCUT2D eigenvalue weighted by Gasteiger charge is -2.14. The highest BCUT2D eigenvalue weighted by molar-refractivity contribution is 6.17. The van der Waals surface area contributed by atoms with Gasteiger partial charge in [0.1, 0.15) is 0 Å². The second kappa shape index (κ2) is 6.98. The zero-order chi connectivity index (χ0) is 16.9. The van der Waals surface area contributed by atoms with Crippen LogP contribution >= 0.6 is 0 Å². The third kappa shape index (κ3) is 3.29. The van der Waals surface area contributed by atoms with Gasteiger partial charge in [-0.05, 0) is 42.8 Å². The van der Waals surface area contributed by atoms with Crippen LogP contribution in [0.3, 0.4) is 0 Å². The van der Waals surface area contributed by atoms with Gasteiger partial charge < -0.3 is 5.73 Å². The normalized spacial score (nSPS) is 11.3. The van der Waals surface area contributed by atoms with Crippen LogP contribution < -0.4 is 11.2 Å². The van der Waals surface area contributed by atoms with Crippen LogP contribution in [-0.4, -0.2) is 10.9 Å². The van der Waals surface area contributed by atoms with Gasteiger partial charge >= 0.3 is 0 Å². The fourth-order valence-corrected chi connectivity index (χ4v) is 2.57. The molecule has 0 atom stereocenters. The maximum absolute atomic E-state index is 9.46. The van der Waals surface area contributed by atoms with Gasteiger partial charge in [0.05, 0.1) is 17.1 Å². The Kier molecular flexibility index (Phi) is 4.59. The summed E-state index contributed by atoms with van der Waals surface area (Å²) < 4.78 is 0. The van der Waals surface area contributed by atoms with E-state index in [4.69, 9.17) is 10.7 Å². The third-order valence-electron chi connectivity index (χ3n) is 3.84. The molecule has 0 aliphatic heterocycles. The number of nitrogens with zero attached hydrogens (tertiary/aromatic N) is 1. The zero-order valence-electron chi connectivity index (χ0n) is 13.4. The topological polar surface area (TPSA) is 70.6 Å². The summed E-state index contributed by atoms with van der Waals surface area (Å²) in [6.45, 7) is 2.04. The largest absolute Gasteiger partial charge is 0.399 e. The molecule has 0 spiro atoms.